The van der Waals surface area contributed by atoms with Gasteiger partial charge in [0.15, 0.2) is 9.84 Å². The molecule has 0 atom stereocenters. The number of nitrogens with one attached hydrogen (secondary N) is 1. The van der Waals surface area contributed by atoms with Gasteiger partial charge in [-0.25, -0.2) is 13.3 Å². The summed E-state index contributed by atoms with van der Waals surface area (Å²) in [7, 11) is -3.10. The molecule has 0 saturated carbocycles. The lowest BCUT2D eigenvalue weighted by Crippen LogP contribution is -2.33. The summed E-state index contributed by atoms with van der Waals surface area (Å²) in [5.41, 5.74) is -0.272. The second-order valence-electron chi connectivity index (χ2n) is 5.79. The van der Waals surface area contributed by atoms with Crippen LogP contribution in [0, 0.1) is 0 Å². The lowest BCUT2D eigenvalue weighted by atomic mass is 10.0. The summed E-state index contributed by atoms with van der Waals surface area (Å²) in [5.74, 6) is 0.151. The smallest absolute Gasteiger partial charge is 0.152 e. The van der Waals surface area contributed by atoms with Crippen molar-refractivity contribution in [3.63, 3.8) is 0 Å². The van der Waals surface area contributed by atoms with Crippen molar-refractivity contribution < 1.29 is 27.7 Å². The Morgan fingerprint density at radius 3 is 2.00 bits per heavy atom. The molecule has 23 heavy (non-hydrogen) atoms. The molecule has 2 N–H and O–H groups in total. The molecule has 0 heterocycles. The van der Waals surface area contributed by atoms with Gasteiger partial charge in [-0.15, -0.1) is 0 Å². The monoisotopic (exact) mass is 375 g/mol. The van der Waals surface area contributed by atoms with E-state index in [1.54, 1.807) is 0 Å². The number of rotatable bonds is 16. The molecule has 0 bridgehead atoms. The van der Waals surface area contributed by atoms with Gasteiger partial charge in [0.1, 0.15) is 0 Å². The van der Waals surface area contributed by atoms with Crippen LogP contribution in [0.2, 0.25) is 0 Å². The van der Waals surface area contributed by atoms with E-state index in [0.717, 1.165) is 0 Å². The summed E-state index contributed by atoms with van der Waals surface area (Å²) in [6, 6.07) is 0. The zero-order valence-corrected chi connectivity index (χ0v) is 15.6. The van der Waals surface area contributed by atoms with E-state index in [9.17, 15) is 8.42 Å². The standard InChI is InChI=1S/C14H30ClNO6S/c1-14(2,16-15)4-3-12-23(18,19)13-11-22-10-9-21-8-7-20-6-5-17/h16-17H,3-13H2,1-2H3. The van der Waals surface area contributed by atoms with Crippen molar-refractivity contribution in [3.05, 3.63) is 0 Å². The van der Waals surface area contributed by atoms with Gasteiger partial charge in [0.05, 0.1) is 57.8 Å². The molecular weight excluding hydrogens is 346 g/mol. The fourth-order valence-electron chi connectivity index (χ4n) is 1.68. The minimum atomic E-state index is -3.10. The summed E-state index contributed by atoms with van der Waals surface area (Å²) in [6.07, 6.45) is 1.24. The molecule has 0 unspecified atom stereocenters. The highest BCUT2D eigenvalue weighted by Crippen LogP contribution is 2.13. The van der Waals surface area contributed by atoms with E-state index in [-0.39, 0.29) is 30.3 Å². The molecule has 0 aliphatic rings. The maximum absolute atomic E-state index is 11.8. The first kappa shape index (κ1) is 23.0. The van der Waals surface area contributed by atoms with Crippen molar-refractivity contribution in [1.82, 2.24) is 4.84 Å². The summed E-state index contributed by atoms with van der Waals surface area (Å²) < 4.78 is 39.2. The van der Waals surface area contributed by atoms with Crippen LogP contribution >= 0.6 is 11.8 Å². The van der Waals surface area contributed by atoms with E-state index in [4.69, 9.17) is 31.1 Å². The van der Waals surface area contributed by atoms with Crippen LogP contribution in [0.4, 0.5) is 0 Å². The Morgan fingerprint density at radius 2 is 1.48 bits per heavy atom. The van der Waals surface area contributed by atoms with Crippen LogP contribution in [0.3, 0.4) is 0 Å². The van der Waals surface area contributed by atoms with Gasteiger partial charge < -0.3 is 19.3 Å². The molecule has 0 amide bonds. The van der Waals surface area contributed by atoms with Crippen LogP contribution in [0.25, 0.3) is 0 Å². The minimum absolute atomic E-state index is 0.00251. The van der Waals surface area contributed by atoms with Crippen LogP contribution in [0.1, 0.15) is 26.7 Å². The SMILES string of the molecule is CC(C)(CCCS(=O)(=O)CCOCCOCCOCCO)NCl. The van der Waals surface area contributed by atoms with E-state index >= 15 is 0 Å². The molecule has 0 radical (unpaired) electrons. The summed E-state index contributed by atoms with van der Waals surface area (Å²) in [6.45, 7) is 5.89. The quantitative estimate of drug-likeness (QED) is 0.303. The number of ether oxygens (including phenoxy) is 3. The van der Waals surface area contributed by atoms with Crippen molar-refractivity contribution in [2.45, 2.75) is 32.2 Å². The van der Waals surface area contributed by atoms with Crippen LogP contribution in [0.15, 0.2) is 0 Å². The van der Waals surface area contributed by atoms with E-state index in [1.165, 1.54) is 0 Å². The lowest BCUT2D eigenvalue weighted by molar-refractivity contribution is 0.00989. The van der Waals surface area contributed by atoms with Crippen molar-refractivity contribution in [2.75, 3.05) is 57.8 Å². The van der Waals surface area contributed by atoms with Crippen LogP contribution in [-0.4, -0.2) is 76.8 Å². The Balaban J connectivity index is 3.52. The topological polar surface area (TPSA) is 94.1 Å². The minimum Gasteiger partial charge on any atom is -0.394 e. The first-order chi connectivity index (χ1) is 10.8. The zero-order valence-electron chi connectivity index (χ0n) is 14.1. The molecule has 0 aromatic rings. The molecule has 0 spiro atoms. The Morgan fingerprint density at radius 1 is 0.957 bits per heavy atom. The molecule has 7 nitrogen and oxygen atoms in total. The number of hydrogen-bond donors (Lipinski definition) is 2. The van der Waals surface area contributed by atoms with Crippen LogP contribution < -0.4 is 4.84 Å². The second-order valence-corrected chi connectivity index (χ2v) is 8.29. The Labute approximate surface area is 144 Å². The molecule has 0 aliphatic carbocycles. The molecule has 0 rings (SSSR count). The van der Waals surface area contributed by atoms with Crippen LogP contribution in [-0.2, 0) is 24.0 Å². The Hall–Kier alpha value is 0.0400. The maximum atomic E-state index is 11.8. The zero-order chi connectivity index (χ0) is 17.6. The fourth-order valence-corrected chi connectivity index (χ4v) is 2.93. The van der Waals surface area contributed by atoms with Crippen molar-refractivity contribution in [1.29, 1.82) is 0 Å². The maximum Gasteiger partial charge on any atom is 0.152 e. The van der Waals surface area contributed by atoms with E-state index in [1.807, 2.05) is 13.8 Å². The number of aliphatic hydroxyl groups is 1. The predicted octanol–water partition coefficient (Wildman–Crippen LogP) is 0.746. The van der Waals surface area contributed by atoms with E-state index in [2.05, 4.69) is 4.84 Å². The number of hydrogen-bond acceptors (Lipinski definition) is 7. The van der Waals surface area contributed by atoms with Gasteiger partial charge >= 0.3 is 0 Å². The highest BCUT2D eigenvalue weighted by Gasteiger charge is 2.18. The van der Waals surface area contributed by atoms with Crippen molar-refractivity contribution in [3.8, 4) is 0 Å². The number of aliphatic hydroxyl groups excluding tert-OH is 1. The first-order valence-corrected chi connectivity index (χ1v) is 9.95. The van der Waals surface area contributed by atoms with Crippen molar-refractivity contribution in [2.24, 2.45) is 0 Å². The number of halogens is 1. The third-order valence-corrected chi connectivity index (χ3v) is 5.24. The highest BCUT2D eigenvalue weighted by atomic mass is 35.5. The van der Waals surface area contributed by atoms with E-state index < -0.39 is 9.84 Å². The molecule has 0 fully saturated rings. The van der Waals surface area contributed by atoms with Crippen LogP contribution in [0.5, 0.6) is 0 Å². The summed E-state index contributed by atoms with van der Waals surface area (Å²) in [5, 5.41) is 8.49. The lowest BCUT2D eigenvalue weighted by Gasteiger charge is -2.21. The fraction of sp³-hybridized carbons (Fsp3) is 1.00. The molecule has 9 heteroatoms. The predicted molar refractivity (Wildman–Crippen MR) is 90.5 cm³/mol. The van der Waals surface area contributed by atoms with Gasteiger partial charge in [-0.05, 0) is 38.5 Å². The molecular formula is C14H30ClNO6S. The third kappa shape index (κ3) is 15.3. The first-order valence-electron chi connectivity index (χ1n) is 7.75. The average Bonchev–Trinajstić information content (AvgIpc) is 2.48. The van der Waals surface area contributed by atoms with Gasteiger partial charge in [-0.1, -0.05) is 0 Å². The van der Waals surface area contributed by atoms with Crippen molar-refractivity contribution >= 4 is 21.6 Å². The normalized spacial score (nSPS) is 12.7. The summed E-state index contributed by atoms with van der Waals surface area (Å²) >= 11 is 5.57. The Kier molecular flexibility index (Phi) is 13.4. The molecule has 0 aromatic carbocycles. The molecule has 0 aliphatic heterocycles. The van der Waals surface area contributed by atoms with Gasteiger partial charge in [0, 0.05) is 5.54 Å². The Bertz CT molecular complexity index is 377. The van der Waals surface area contributed by atoms with Gasteiger partial charge in [0.25, 0.3) is 0 Å². The van der Waals surface area contributed by atoms with Gasteiger partial charge in [-0.3, -0.25) is 0 Å². The third-order valence-electron chi connectivity index (χ3n) is 3.03. The summed E-state index contributed by atoms with van der Waals surface area (Å²) in [4.78, 5) is 2.63. The molecule has 140 valence electrons. The van der Waals surface area contributed by atoms with E-state index in [0.29, 0.717) is 45.9 Å². The highest BCUT2D eigenvalue weighted by molar-refractivity contribution is 7.91. The van der Waals surface area contributed by atoms with Gasteiger partial charge in [0.2, 0.25) is 0 Å². The average molecular weight is 376 g/mol. The van der Waals surface area contributed by atoms with Gasteiger partial charge in [-0.2, -0.15) is 0 Å². The molecule has 0 saturated heterocycles. The second kappa shape index (κ2) is 13.3. The molecule has 0 aromatic heterocycles. The number of sulfone groups is 1. The largest absolute Gasteiger partial charge is 0.394 e.